The van der Waals surface area contributed by atoms with Gasteiger partial charge < -0.3 is 19.5 Å². The van der Waals surface area contributed by atoms with Crippen LogP contribution in [-0.4, -0.2) is 35.8 Å². The number of carbonyl (C=O) groups is 1. The fraction of sp³-hybridized carbons (Fsp3) is 0.150. The molecule has 1 heterocycles. The van der Waals surface area contributed by atoms with Gasteiger partial charge in [0.1, 0.15) is 17.2 Å². The quantitative estimate of drug-likeness (QED) is 0.519. The van der Waals surface area contributed by atoms with Crippen LogP contribution in [0.4, 0.5) is 5.69 Å². The Labute approximate surface area is 177 Å². The Kier molecular flexibility index (Phi) is 7.15. The van der Waals surface area contributed by atoms with Gasteiger partial charge in [-0.05, 0) is 18.2 Å². The Morgan fingerprint density at radius 1 is 1.07 bits per heavy atom. The minimum absolute atomic E-state index is 0.0939. The fourth-order valence-corrected chi connectivity index (χ4v) is 3.29. The summed E-state index contributed by atoms with van der Waals surface area (Å²) in [5.41, 5.74) is 0.448. The highest BCUT2D eigenvalue weighted by Gasteiger charge is 2.15. The molecule has 0 radical (unpaired) electrons. The molecule has 150 valence electrons. The molecule has 7 nitrogen and oxygen atoms in total. The summed E-state index contributed by atoms with van der Waals surface area (Å²) >= 11 is 7.35. The van der Waals surface area contributed by atoms with E-state index < -0.39 is 0 Å². The van der Waals surface area contributed by atoms with Gasteiger partial charge >= 0.3 is 0 Å². The predicted molar refractivity (Wildman–Crippen MR) is 112 cm³/mol. The van der Waals surface area contributed by atoms with Crippen molar-refractivity contribution in [3.8, 4) is 23.1 Å². The van der Waals surface area contributed by atoms with Gasteiger partial charge in [0, 0.05) is 18.5 Å². The monoisotopic (exact) mass is 431 g/mol. The SMILES string of the molecule is COc1cc(OC)c(NC(=O)CSc2nccnc2Oc2ccccc2)cc1Cl. The third-order valence-corrected chi connectivity index (χ3v) is 4.93. The van der Waals surface area contributed by atoms with Crippen molar-refractivity contribution >= 4 is 35.0 Å². The molecule has 1 N–H and O–H groups in total. The van der Waals surface area contributed by atoms with Gasteiger partial charge in [0.2, 0.25) is 5.91 Å². The van der Waals surface area contributed by atoms with Gasteiger partial charge in [0.25, 0.3) is 5.88 Å². The molecule has 1 amide bonds. The molecule has 1 aromatic heterocycles. The van der Waals surface area contributed by atoms with Gasteiger partial charge in [-0.25, -0.2) is 9.97 Å². The van der Waals surface area contributed by atoms with Crippen LogP contribution in [-0.2, 0) is 4.79 Å². The minimum atomic E-state index is -0.258. The van der Waals surface area contributed by atoms with Gasteiger partial charge in [-0.2, -0.15) is 0 Å². The molecular weight excluding hydrogens is 414 g/mol. The number of ether oxygens (including phenoxy) is 3. The number of benzene rings is 2. The first-order valence-electron chi connectivity index (χ1n) is 8.48. The number of halogens is 1. The van der Waals surface area contributed by atoms with E-state index in [0.717, 1.165) is 0 Å². The van der Waals surface area contributed by atoms with Crippen molar-refractivity contribution in [3.05, 3.63) is 59.9 Å². The van der Waals surface area contributed by atoms with E-state index in [0.29, 0.717) is 38.9 Å². The molecule has 0 atom stereocenters. The van der Waals surface area contributed by atoms with Crippen LogP contribution in [0.2, 0.25) is 5.02 Å². The highest BCUT2D eigenvalue weighted by Crippen LogP contribution is 2.36. The molecular formula is C20H18ClN3O4S. The maximum atomic E-state index is 12.4. The van der Waals surface area contributed by atoms with E-state index in [1.54, 1.807) is 18.3 Å². The van der Waals surface area contributed by atoms with E-state index >= 15 is 0 Å². The normalized spacial score (nSPS) is 10.3. The topological polar surface area (TPSA) is 82.6 Å². The van der Waals surface area contributed by atoms with E-state index in [4.69, 9.17) is 25.8 Å². The molecule has 2 aromatic carbocycles. The molecule has 0 aliphatic carbocycles. The van der Waals surface area contributed by atoms with Crippen LogP contribution in [0.3, 0.4) is 0 Å². The van der Waals surface area contributed by atoms with E-state index in [2.05, 4.69) is 15.3 Å². The summed E-state index contributed by atoms with van der Waals surface area (Å²) in [6.07, 6.45) is 3.08. The van der Waals surface area contributed by atoms with Crippen LogP contribution in [0.15, 0.2) is 59.9 Å². The average molecular weight is 432 g/mol. The predicted octanol–water partition coefficient (Wildman–Crippen LogP) is 4.67. The lowest BCUT2D eigenvalue weighted by Crippen LogP contribution is -2.15. The summed E-state index contributed by atoms with van der Waals surface area (Å²) < 4.78 is 16.2. The fourth-order valence-electron chi connectivity index (χ4n) is 2.36. The highest BCUT2D eigenvalue weighted by atomic mass is 35.5. The average Bonchev–Trinajstić information content (AvgIpc) is 2.74. The number of thioether (sulfide) groups is 1. The maximum Gasteiger partial charge on any atom is 0.252 e. The Balaban J connectivity index is 1.67. The number of carbonyl (C=O) groups excluding carboxylic acids is 1. The summed E-state index contributed by atoms with van der Waals surface area (Å²) in [7, 11) is 3.01. The van der Waals surface area contributed by atoms with Crippen molar-refractivity contribution in [2.24, 2.45) is 0 Å². The number of rotatable bonds is 8. The molecule has 0 bridgehead atoms. The minimum Gasteiger partial charge on any atom is -0.495 e. The largest absolute Gasteiger partial charge is 0.495 e. The van der Waals surface area contributed by atoms with Gasteiger partial charge in [0.05, 0.1) is 30.7 Å². The molecule has 0 saturated heterocycles. The second-order valence-electron chi connectivity index (χ2n) is 5.61. The lowest BCUT2D eigenvalue weighted by atomic mass is 10.2. The summed E-state index contributed by atoms with van der Waals surface area (Å²) in [6.45, 7) is 0. The Hall–Kier alpha value is -2.97. The van der Waals surface area contributed by atoms with Crippen molar-refractivity contribution in [1.29, 1.82) is 0 Å². The third-order valence-electron chi connectivity index (χ3n) is 3.68. The third kappa shape index (κ3) is 5.52. The van der Waals surface area contributed by atoms with Gasteiger partial charge in [-0.15, -0.1) is 0 Å². The van der Waals surface area contributed by atoms with Crippen LogP contribution in [0.25, 0.3) is 0 Å². The summed E-state index contributed by atoms with van der Waals surface area (Å²) in [5, 5.41) is 3.65. The van der Waals surface area contributed by atoms with Crippen molar-refractivity contribution in [1.82, 2.24) is 9.97 Å². The highest BCUT2D eigenvalue weighted by molar-refractivity contribution is 8.00. The van der Waals surface area contributed by atoms with E-state index in [1.807, 2.05) is 30.3 Å². The number of nitrogens with one attached hydrogen (secondary N) is 1. The summed E-state index contributed by atoms with van der Waals surface area (Å²) in [6, 6.07) is 12.4. The summed E-state index contributed by atoms with van der Waals surface area (Å²) in [4.78, 5) is 20.9. The van der Waals surface area contributed by atoms with E-state index in [9.17, 15) is 4.79 Å². The molecule has 0 fully saturated rings. The number of hydrogen-bond acceptors (Lipinski definition) is 7. The molecule has 3 rings (SSSR count). The Bertz CT molecular complexity index is 989. The van der Waals surface area contributed by atoms with E-state index in [-0.39, 0.29) is 11.7 Å². The molecule has 29 heavy (non-hydrogen) atoms. The van der Waals surface area contributed by atoms with Gasteiger partial charge in [-0.1, -0.05) is 41.6 Å². The standard InChI is InChI=1S/C20H18ClN3O4S/c1-26-16-11-17(27-2)15(10-14(16)21)24-18(25)12-29-20-19(22-8-9-23-20)28-13-6-4-3-5-7-13/h3-11H,12H2,1-2H3,(H,24,25). The molecule has 0 unspecified atom stereocenters. The van der Waals surface area contributed by atoms with Crippen molar-refractivity contribution in [3.63, 3.8) is 0 Å². The van der Waals surface area contributed by atoms with Crippen LogP contribution in [0.5, 0.6) is 23.1 Å². The Morgan fingerprint density at radius 3 is 2.52 bits per heavy atom. The second-order valence-corrected chi connectivity index (χ2v) is 6.98. The number of aromatic nitrogens is 2. The number of anilines is 1. The van der Waals surface area contributed by atoms with Crippen LogP contribution in [0.1, 0.15) is 0 Å². The van der Waals surface area contributed by atoms with Crippen LogP contribution >= 0.6 is 23.4 Å². The molecule has 0 spiro atoms. The lowest BCUT2D eigenvalue weighted by molar-refractivity contribution is -0.113. The number of hydrogen-bond donors (Lipinski definition) is 1. The maximum absolute atomic E-state index is 12.4. The zero-order valence-corrected chi connectivity index (χ0v) is 17.3. The first-order valence-corrected chi connectivity index (χ1v) is 9.85. The van der Waals surface area contributed by atoms with Crippen molar-refractivity contribution in [2.75, 3.05) is 25.3 Å². The second kappa shape index (κ2) is 9.99. The number of para-hydroxylation sites is 1. The smallest absolute Gasteiger partial charge is 0.252 e. The first-order chi connectivity index (χ1) is 14.1. The molecule has 0 saturated carbocycles. The number of methoxy groups -OCH3 is 2. The van der Waals surface area contributed by atoms with E-state index in [1.165, 1.54) is 32.2 Å². The molecule has 9 heteroatoms. The number of amides is 1. The van der Waals surface area contributed by atoms with Crippen LogP contribution in [0, 0.1) is 0 Å². The van der Waals surface area contributed by atoms with Crippen LogP contribution < -0.4 is 19.5 Å². The first kappa shape index (κ1) is 20.8. The van der Waals surface area contributed by atoms with Crippen molar-refractivity contribution < 1.29 is 19.0 Å². The van der Waals surface area contributed by atoms with Gasteiger partial charge in [0.15, 0.2) is 5.03 Å². The molecule has 0 aliphatic rings. The van der Waals surface area contributed by atoms with Gasteiger partial charge in [-0.3, -0.25) is 4.79 Å². The zero-order chi connectivity index (χ0) is 20.6. The molecule has 3 aromatic rings. The summed E-state index contributed by atoms with van der Waals surface area (Å²) in [5.74, 6) is 1.70. The van der Waals surface area contributed by atoms with Crippen molar-refractivity contribution in [2.45, 2.75) is 5.03 Å². The molecule has 0 aliphatic heterocycles. The lowest BCUT2D eigenvalue weighted by Gasteiger charge is -2.13. The zero-order valence-electron chi connectivity index (χ0n) is 15.7. The Morgan fingerprint density at radius 2 is 1.79 bits per heavy atom. The number of nitrogens with zero attached hydrogens (tertiary/aromatic N) is 2.